The molecule has 23 heavy (non-hydrogen) atoms. The summed E-state index contributed by atoms with van der Waals surface area (Å²) < 4.78 is 0. The number of amides is 2. The Labute approximate surface area is 151 Å². The van der Waals surface area contributed by atoms with E-state index < -0.39 is 0 Å². The maximum atomic E-state index is 12.5. The normalized spacial score (nSPS) is 16.7. The number of carbonyl (C=O) groups excluding carboxylic acids is 2. The number of rotatable bonds is 3. The van der Waals surface area contributed by atoms with Crippen molar-refractivity contribution in [2.24, 2.45) is 0 Å². The molecule has 0 radical (unpaired) electrons. The number of hydrogen-bond acceptors (Lipinski definition) is 4. The van der Waals surface area contributed by atoms with Crippen molar-refractivity contribution in [3.05, 3.63) is 60.6 Å². The van der Waals surface area contributed by atoms with Crippen LogP contribution in [0.4, 0.5) is 4.79 Å². The number of carbonyl (C=O) groups is 2. The Bertz CT molecular complexity index is 829. The van der Waals surface area contributed by atoms with Crippen molar-refractivity contribution in [1.29, 1.82) is 0 Å². The van der Waals surface area contributed by atoms with E-state index in [9.17, 15) is 9.59 Å². The molecule has 1 aromatic heterocycles. The molecule has 3 nitrogen and oxygen atoms in total. The van der Waals surface area contributed by atoms with Crippen LogP contribution >= 0.6 is 46.3 Å². The molecule has 3 rings (SSSR count). The summed E-state index contributed by atoms with van der Waals surface area (Å²) in [5.41, 5.74) is 1.85. The molecule has 0 bridgehead atoms. The van der Waals surface area contributed by atoms with E-state index in [0.717, 1.165) is 27.8 Å². The molecule has 2 aromatic rings. The van der Waals surface area contributed by atoms with Crippen molar-refractivity contribution >= 4 is 63.5 Å². The first kappa shape index (κ1) is 16.6. The molecule has 0 saturated carbocycles. The number of aryl methyl sites for hydroxylation is 1. The van der Waals surface area contributed by atoms with Crippen molar-refractivity contribution in [2.45, 2.75) is 13.5 Å². The van der Waals surface area contributed by atoms with Crippen LogP contribution in [0.1, 0.15) is 16.0 Å². The second-order valence-electron chi connectivity index (χ2n) is 4.98. The largest absolute Gasteiger partial charge is 0.293 e. The zero-order valence-electron chi connectivity index (χ0n) is 12.0. The molecule has 1 aliphatic heterocycles. The van der Waals surface area contributed by atoms with Gasteiger partial charge in [0.1, 0.15) is 0 Å². The van der Waals surface area contributed by atoms with Crippen molar-refractivity contribution < 1.29 is 9.59 Å². The van der Waals surface area contributed by atoms with Crippen LogP contribution in [-0.2, 0) is 11.3 Å². The Morgan fingerprint density at radius 3 is 2.61 bits per heavy atom. The quantitative estimate of drug-likeness (QED) is 0.647. The van der Waals surface area contributed by atoms with Gasteiger partial charge in [-0.15, -0.1) is 11.3 Å². The average molecular weight is 384 g/mol. The van der Waals surface area contributed by atoms with Gasteiger partial charge in [0.2, 0.25) is 0 Å². The van der Waals surface area contributed by atoms with Gasteiger partial charge in [0, 0.05) is 4.88 Å². The topological polar surface area (TPSA) is 37.4 Å². The van der Waals surface area contributed by atoms with E-state index in [1.54, 1.807) is 35.6 Å². The minimum Gasteiger partial charge on any atom is -0.268 e. The molecule has 0 unspecified atom stereocenters. The van der Waals surface area contributed by atoms with Crippen LogP contribution in [0.25, 0.3) is 6.08 Å². The summed E-state index contributed by atoms with van der Waals surface area (Å²) in [6.07, 6.45) is 1.78. The Morgan fingerprint density at radius 1 is 1.17 bits per heavy atom. The van der Waals surface area contributed by atoms with Gasteiger partial charge in [-0.2, -0.15) is 0 Å². The highest BCUT2D eigenvalue weighted by atomic mass is 35.5. The number of hydrogen-bond donors (Lipinski definition) is 0. The van der Waals surface area contributed by atoms with Crippen LogP contribution in [0.2, 0.25) is 10.0 Å². The van der Waals surface area contributed by atoms with Crippen LogP contribution in [-0.4, -0.2) is 16.0 Å². The summed E-state index contributed by atoms with van der Waals surface area (Å²) in [5, 5.41) is 2.53. The second kappa shape index (κ2) is 6.69. The number of nitrogens with zero attached hydrogens (tertiary/aromatic N) is 1. The number of thioether (sulfide) groups is 1. The van der Waals surface area contributed by atoms with Crippen molar-refractivity contribution in [3.8, 4) is 0 Å². The molecule has 1 aromatic carbocycles. The minimum absolute atomic E-state index is 0.183. The van der Waals surface area contributed by atoms with E-state index in [1.165, 1.54) is 4.90 Å². The molecule has 0 N–H and O–H groups in total. The lowest BCUT2D eigenvalue weighted by Crippen LogP contribution is -2.27. The lowest BCUT2D eigenvalue weighted by Gasteiger charge is -2.12. The van der Waals surface area contributed by atoms with E-state index in [2.05, 4.69) is 0 Å². The van der Waals surface area contributed by atoms with Gasteiger partial charge in [-0.3, -0.25) is 14.5 Å². The van der Waals surface area contributed by atoms with Gasteiger partial charge in [0.25, 0.3) is 11.1 Å². The third-order valence-electron chi connectivity index (χ3n) is 3.36. The molecular weight excluding hydrogens is 373 g/mol. The van der Waals surface area contributed by atoms with E-state index in [-0.39, 0.29) is 17.7 Å². The van der Waals surface area contributed by atoms with E-state index in [1.807, 2.05) is 18.4 Å². The fourth-order valence-electron chi connectivity index (χ4n) is 2.11. The van der Waals surface area contributed by atoms with Crippen LogP contribution in [0, 0.1) is 6.92 Å². The minimum atomic E-state index is -0.279. The van der Waals surface area contributed by atoms with Gasteiger partial charge in [0.05, 0.1) is 21.5 Å². The maximum Gasteiger partial charge on any atom is 0.293 e. The SMILES string of the molecule is Cc1ccsc1/C=C1/SC(=O)N(Cc2ccc(Cl)c(Cl)c2)C1=O. The van der Waals surface area contributed by atoms with Gasteiger partial charge in [-0.05, 0) is 59.5 Å². The Hall–Kier alpha value is -1.27. The summed E-state index contributed by atoms with van der Waals surface area (Å²) in [6.45, 7) is 2.16. The number of imide groups is 1. The third-order valence-corrected chi connectivity index (χ3v) is 5.97. The Kier molecular flexibility index (Phi) is 4.82. The molecule has 0 aliphatic carbocycles. The van der Waals surface area contributed by atoms with Gasteiger partial charge in [-0.1, -0.05) is 29.3 Å². The summed E-state index contributed by atoms with van der Waals surface area (Å²) in [4.78, 5) is 27.3. The van der Waals surface area contributed by atoms with Crippen molar-refractivity contribution in [2.75, 3.05) is 0 Å². The summed E-state index contributed by atoms with van der Waals surface area (Å²) in [6, 6.07) is 7.06. The van der Waals surface area contributed by atoms with Gasteiger partial charge in [0.15, 0.2) is 0 Å². The highest BCUT2D eigenvalue weighted by molar-refractivity contribution is 8.18. The molecule has 0 atom stereocenters. The van der Waals surface area contributed by atoms with Crippen molar-refractivity contribution in [1.82, 2.24) is 4.90 Å². The van der Waals surface area contributed by atoms with E-state index >= 15 is 0 Å². The third kappa shape index (κ3) is 3.48. The average Bonchev–Trinajstić information content (AvgIpc) is 3.02. The second-order valence-corrected chi connectivity index (χ2v) is 7.74. The highest BCUT2D eigenvalue weighted by Crippen LogP contribution is 2.35. The smallest absolute Gasteiger partial charge is 0.268 e. The van der Waals surface area contributed by atoms with Gasteiger partial charge < -0.3 is 0 Å². The monoisotopic (exact) mass is 383 g/mol. The molecule has 1 saturated heterocycles. The molecule has 1 aliphatic rings. The lowest BCUT2D eigenvalue weighted by molar-refractivity contribution is -0.123. The Morgan fingerprint density at radius 2 is 1.96 bits per heavy atom. The summed E-state index contributed by atoms with van der Waals surface area (Å²) >= 11 is 14.4. The Balaban J connectivity index is 1.83. The molecule has 2 heterocycles. The zero-order valence-corrected chi connectivity index (χ0v) is 15.2. The van der Waals surface area contributed by atoms with Gasteiger partial charge >= 0.3 is 0 Å². The number of benzene rings is 1. The molecule has 2 amide bonds. The standard InChI is InChI=1S/C16H11Cl2NO2S2/c1-9-4-5-22-13(9)7-14-15(20)19(16(21)23-14)8-10-2-3-11(17)12(18)6-10/h2-7H,8H2,1H3/b14-7+. The molecule has 1 fully saturated rings. The number of thiophene rings is 1. The molecular formula is C16H11Cl2NO2S2. The molecule has 0 spiro atoms. The van der Waals surface area contributed by atoms with Gasteiger partial charge in [-0.25, -0.2) is 0 Å². The predicted octanol–water partition coefficient (Wildman–Crippen LogP) is 5.60. The number of halogens is 2. The fraction of sp³-hybridized carbons (Fsp3) is 0.125. The van der Waals surface area contributed by atoms with Crippen molar-refractivity contribution in [3.63, 3.8) is 0 Å². The summed E-state index contributed by atoms with van der Waals surface area (Å²) in [7, 11) is 0. The lowest BCUT2D eigenvalue weighted by atomic mass is 10.2. The molecule has 118 valence electrons. The first-order valence-electron chi connectivity index (χ1n) is 6.69. The van der Waals surface area contributed by atoms with Crippen LogP contribution < -0.4 is 0 Å². The van der Waals surface area contributed by atoms with E-state index in [0.29, 0.717) is 15.0 Å². The van der Waals surface area contributed by atoms with Crippen LogP contribution in [0.3, 0.4) is 0 Å². The highest BCUT2D eigenvalue weighted by Gasteiger charge is 2.35. The summed E-state index contributed by atoms with van der Waals surface area (Å²) in [5.74, 6) is -0.279. The first-order chi connectivity index (χ1) is 11.0. The predicted molar refractivity (Wildman–Crippen MR) is 97.0 cm³/mol. The van der Waals surface area contributed by atoms with E-state index in [4.69, 9.17) is 23.2 Å². The maximum absolute atomic E-state index is 12.5. The molecule has 7 heteroatoms. The fourth-order valence-corrected chi connectivity index (χ4v) is 4.18. The van der Waals surface area contributed by atoms with Crippen LogP contribution in [0.15, 0.2) is 34.6 Å². The van der Waals surface area contributed by atoms with Crippen LogP contribution in [0.5, 0.6) is 0 Å². The first-order valence-corrected chi connectivity index (χ1v) is 9.14. The zero-order chi connectivity index (χ0) is 16.6.